The van der Waals surface area contributed by atoms with E-state index in [-0.39, 0.29) is 10.8 Å². The molecule has 20 heavy (non-hydrogen) atoms. The van der Waals surface area contributed by atoms with E-state index in [1.165, 1.54) is 24.0 Å². The molecule has 0 amide bonds. The number of ether oxygens (including phenoxy) is 1. The molecule has 1 aromatic carbocycles. The standard InChI is InChI=1S/C18H26O2/c1-6-20-16-12-15-14(11-13(16)7-10-19)17(2,3)8-9-18(15,4)5/h10-12H,6-9H2,1-5H3. The topological polar surface area (TPSA) is 26.3 Å². The third kappa shape index (κ3) is 2.61. The van der Waals surface area contributed by atoms with Gasteiger partial charge in [-0.3, -0.25) is 0 Å². The predicted molar refractivity (Wildman–Crippen MR) is 82.7 cm³/mol. The van der Waals surface area contributed by atoms with Gasteiger partial charge in [-0.25, -0.2) is 0 Å². The Morgan fingerprint density at radius 3 is 2.15 bits per heavy atom. The Labute approximate surface area is 122 Å². The molecule has 1 aromatic rings. The molecule has 1 aliphatic carbocycles. The fourth-order valence-corrected chi connectivity index (χ4v) is 3.18. The number of benzene rings is 1. The second kappa shape index (κ2) is 5.23. The predicted octanol–water partition coefficient (Wildman–Crippen LogP) is 4.18. The van der Waals surface area contributed by atoms with E-state index in [0.29, 0.717) is 13.0 Å². The SMILES string of the molecule is CCOc1cc2c(cc1CC=O)C(C)(C)CCC2(C)C. The minimum Gasteiger partial charge on any atom is -0.494 e. The highest BCUT2D eigenvalue weighted by molar-refractivity contribution is 5.60. The summed E-state index contributed by atoms with van der Waals surface area (Å²) in [5.74, 6) is 0.879. The van der Waals surface area contributed by atoms with Crippen molar-refractivity contribution in [3.63, 3.8) is 0 Å². The van der Waals surface area contributed by atoms with Crippen LogP contribution >= 0.6 is 0 Å². The van der Waals surface area contributed by atoms with Crippen molar-refractivity contribution in [3.05, 3.63) is 28.8 Å². The van der Waals surface area contributed by atoms with E-state index in [1.54, 1.807) is 0 Å². The van der Waals surface area contributed by atoms with Crippen LogP contribution in [0.4, 0.5) is 0 Å². The van der Waals surface area contributed by atoms with E-state index in [9.17, 15) is 4.79 Å². The minimum atomic E-state index is 0.174. The van der Waals surface area contributed by atoms with Crippen molar-refractivity contribution in [2.24, 2.45) is 0 Å². The summed E-state index contributed by atoms with van der Waals surface area (Å²) in [5, 5.41) is 0. The quantitative estimate of drug-likeness (QED) is 0.770. The highest BCUT2D eigenvalue weighted by Gasteiger charge is 2.37. The number of rotatable bonds is 4. The fourth-order valence-electron chi connectivity index (χ4n) is 3.18. The van der Waals surface area contributed by atoms with Crippen molar-refractivity contribution in [3.8, 4) is 5.75 Å². The van der Waals surface area contributed by atoms with E-state index < -0.39 is 0 Å². The van der Waals surface area contributed by atoms with Gasteiger partial charge in [0.15, 0.2) is 0 Å². The van der Waals surface area contributed by atoms with Crippen molar-refractivity contribution >= 4 is 6.29 Å². The highest BCUT2D eigenvalue weighted by Crippen LogP contribution is 2.47. The summed E-state index contributed by atoms with van der Waals surface area (Å²) in [4.78, 5) is 10.9. The van der Waals surface area contributed by atoms with Crippen molar-refractivity contribution in [1.29, 1.82) is 0 Å². The number of hydrogen-bond acceptors (Lipinski definition) is 2. The van der Waals surface area contributed by atoms with Gasteiger partial charge >= 0.3 is 0 Å². The van der Waals surface area contributed by atoms with E-state index in [4.69, 9.17) is 4.74 Å². The number of carbonyl (C=O) groups excluding carboxylic acids is 1. The lowest BCUT2D eigenvalue weighted by Crippen LogP contribution is -2.34. The van der Waals surface area contributed by atoms with Crippen molar-refractivity contribution in [2.45, 2.75) is 64.7 Å². The molecule has 2 rings (SSSR count). The average molecular weight is 274 g/mol. The van der Waals surface area contributed by atoms with Gasteiger partial charge in [-0.15, -0.1) is 0 Å². The van der Waals surface area contributed by atoms with E-state index >= 15 is 0 Å². The van der Waals surface area contributed by atoms with Crippen LogP contribution in [-0.2, 0) is 22.0 Å². The fraction of sp³-hybridized carbons (Fsp3) is 0.611. The summed E-state index contributed by atoms with van der Waals surface area (Å²) in [6.45, 7) is 11.8. The largest absolute Gasteiger partial charge is 0.494 e. The van der Waals surface area contributed by atoms with Crippen LogP contribution in [0.15, 0.2) is 12.1 Å². The summed E-state index contributed by atoms with van der Waals surface area (Å²) in [6.07, 6.45) is 3.76. The van der Waals surface area contributed by atoms with Gasteiger partial charge < -0.3 is 9.53 Å². The van der Waals surface area contributed by atoms with Crippen LogP contribution in [0.25, 0.3) is 0 Å². The van der Waals surface area contributed by atoms with Gasteiger partial charge in [0.25, 0.3) is 0 Å². The first-order chi connectivity index (χ1) is 9.31. The smallest absolute Gasteiger partial charge is 0.124 e. The van der Waals surface area contributed by atoms with Gasteiger partial charge in [-0.05, 0) is 47.8 Å². The van der Waals surface area contributed by atoms with Crippen LogP contribution in [0, 0.1) is 0 Å². The summed E-state index contributed by atoms with van der Waals surface area (Å²) in [7, 11) is 0. The molecule has 0 spiro atoms. The normalized spacial score (nSPS) is 19.2. The summed E-state index contributed by atoms with van der Waals surface area (Å²) in [5.41, 5.74) is 4.14. The molecule has 0 saturated heterocycles. The maximum absolute atomic E-state index is 10.9. The Morgan fingerprint density at radius 1 is 1.10 bits per heavy atom. The molecule has 0 atom stereocenters. The molecule has 0 radical (unpaired) electrons. The van der Waals surface area contributed by atoms with Crippen LogP contribution in [0.2, 0.25) is 0 Å². The van der Waals surface area contributed by atoms with Gasteiger partial charge in [0.2, 0.25) is 0 Å². The highest BCUT2D eigenvalue weighted by atomic mass is 16.5. The Balaban J connectivity index is 2.63. The third-order valence-electron chi connectivity index (χ3n) is 4.64. The maximum atomic E-state index is 10.9. The molecular weight excluding hydrogens is 248 g/mol. The van der Waals surface area contributed by atoms with E-state index in [1.807, 2.05) is 6.92 Å². The second-order valence-electron chi connectivity index (χ2n) is 7.08. The first-order valence-electron chi connectivity index (χ1n) is 7.56. The Kier molecular flexibility index (Phi) is 3.95. The van der Waals surface area contributed by atoms with Crippen molar-refractivity contribution < 1.29 is 9.53 Å². The van der Waals surface area contributed by atoms with Crippen LogP contribution in [0.3, 0.4) is 0 Å². The van der Waals surface area contributed by atoms with Crippen LogP contribution in [-0.4, -0.2) is 12.9 Å². The molecule has 1 aliphatic rings. The van der Waals surface area contributed by atoms with Gasteiger partial charge in [0.05, 0.1) is 6.61 Å². The molecule has 2 heteroatoms. The molecule has 110 valence electrons. The van der Waals surface area contributed by atoms with Gasteiger partial charge in [-0.1, -0.05) is 33.8 Å². The zero-order chi connectivity index (χ0) is 15.0. The summed E-state index contributed by atoms with van der Waals surface area (Å²) in [6, 6.07) is 4.38. The molecule has 0 saturated carbocycles. The van der Waals surface area contributed by atoms with Crippen molar-refractivity contribution in [2.75, 3.05) is 6.61 Å². The zero-order valence-corrected chi connectivity index (χ0v) is 13.4. The number of carbonyl (C=O) groups is 1. The Bertz CT molecular complexity index is 512. The molecule has 0 unspecified atom stereocenters. The molecule has 0 bridgehead atoms. The third-order valence-corrected chi connectivity index (χ3v) is 4.64. The molecular formula is C18H26O2. The zero-order valence-electron chi connectivity index (χ0n) is 13.4. The monoisotopic (exact) mass is 274 g/mol. The first-order valence-corrected chi connectivity index (χ1v) is 7.56. The molecule has 0 aromatic heterocycles. The first kappa shape index (κ1) is 15.1. The molecule has 2 nitrogen and oxygen atoms in total. The second-order valence-corrected chi connectivity index (χ2v) is 7.08. The van der Waals surface area contributed by atoms with E-state index in [0.717, 1.165) is 17.6 Å². The van der Waals surface area contributed by atoms with Crippen LogP contribution in [0.1, 0.15) is 64.2 Å². The summed E-state index contributed by atoms with van der Waals surface area (Å²) < 4.78 is 5.76. The lowest BCUT2D eigenvalue weighted by molar-refractivity contribution is -0.107. The van der Waals surface area contributed by atoms with Gasteiger partial charge in [-0.2, -0.15) is 0 Å². The lowest BCUT2D eigenvalue weighted by atomic mass is 9.63. The van der Waals surface area contributed by atoms with Crippen molar-refractivity contribution in [1.82, 2.24) is 0 Å². The number of aldehydes is 1. The van der Waals surface area contributed by atoms with Gasteiger partial charge in [0, 0.05) is 12.0 Å². The lowest BCUT2D eigenvalue weighted by Gasteiger charge is -2.42. The number of fused-ring (bicyclic) bond motifs is 1. The summed E-state index contributed by atoms with van der Waals surface area (Å²) >= 11 is 0. The van der Waals surface area contributed by atoms with Gasteiger partial charge in [0.1, 0.15) is 12.0 Å². The molecule has 0 N–H and O–H groups in total. The van der Waals surface area contributed by atoms with Crippen LogP contribution < -0.4 is 4.74 Å². The average Bonchev–Trinajstić information content (AvgIpc) is 2.37. The molecule has 0 fully saturated rings. The minimum absolute atomic E-state index is 0.174. The molecule has 0 heterocycles. The Hall–Kier alpha value is -1.31. The van der Waals surface area contributed by atoms with Crippen LogP contribution in [0.5, 0.6) is 5.75 Å². The maximum Gasteiger partial charge on any atom is 0.124 e. The number of hydrogen-bond donors (Lipinski definition) is 0. The Morgan fingerprint density at radius 2 is 1.65 bits per heavy atom. The molecule has 0 aliphatic heterocycles. The van der Waals surface area contributed by atoms with E-state index in [2.05, 4.69) is 39.8 Å².